The van der Waals surface area contributed by atoms with Gasteiger partial charge in [0.05, 0.1) is 12.0 Å². The molecule has 0 saturated carbocycles. The van der Waals surface area contributed by atoms with Crippen LogP contribution in [0, 0.1) is 0 Å². The lowest BCUT2D eigenvalue weighted by atomic mass is 10.2. The van der Waals surface area contributed by atoms with Gasteiger partial charge in [-0.1, -0.05) is 17.8 Å². The van der Waals surface area contributed by atoms with Crippen LogP contribution in [0.2, 0.25) is 0 Å². The van der Waals surface area contributed by atoms with E-state index in [9.17, 15) is 0 Å². The van der Waals surface area contributed by atoms with Crippen molar-refractivity contribution >= 4 is 22.8 Å². The summed E-state index contributed by atoms with van der Waals surface area (Å²) in [6.45, 7) is 0. The maximum atomic E-state index is 4.58. The molecule has 1 aromatic heterocycles. The molecule has 1 heterocycles. The quantitative estimate of drug-likeness (QED) is 0.438. The zero-order chi connectivity index (χ0) is 10.7. The highest BCUT2D eigenvalue weighted by Crippen LogP contribution is 2.30. The van der Waals surface area contributed by atoms with Crippen molar-refractivity contribution in [2.24, 2.45) is 4.99 Å². The molecule has 0 aromatic carbocycles. The zero-order valence-corrected chi connectivity index (χ0v) is 10.2. The lowest BCUT2D eigenvalue weighted by Crippen LogP contribution is -2.06. The third kappa shape index (κ3) is 2.78. The Bertz CT molecular complexity index is 331. The van der Waals surface area contributed by atoms with E-state index < -0.39 is 0 Å². The van der Waals surface area contributed by atoms with Crippen LogP contribution in [0.5, 0.6) is 0 Å². The topological polar surface area (TPSA) is 28.5 Å². The molecule has 0 atom stereocenters. The Kier molecular flexibility index (Phi) is 3.36. The Morgan fingerprint density at radius 3 is 2.87 bits per heavy atom. The van der Waals surface area contributed by atoms with Crippen LogP contribution in [-0.4, -0.2) is 30.3 Å². The van der Waals surface area contributed by atoms with Crippen molar-refractivity contribution < 1.29 is 0 Å². The molecule has 0 unspecified atom stereocenters. The fraction of sp³-hybridized carbons (Fsp3) is 0.636. The second-order valence-electron chi connectivity index (χ2n) is 4.14. The molecule has 0 spiro atoms. The fourth-order valence-electron chi connectivity index (χ4n) is 1.74. The van der Waals surface area contributed by atoms with E-state index in [0.29, 0.717) is 0 Å². The number of thiazole rings is 1. The molecule has 15 heavy (non-hydrogen) atoms. The summed E-state index contributed by atoms with van der Waals surface area (Å²) in [6.07, 6.45) is 8.10. The van der Waals surface area contributed by atoms with Crippen molar-refractivity contribution in [2.75, 3.05) is 14.1 Å². The molecule has 1 aliphatic rings. The van der Waals surface area contributed by atoms with E-state index >= 15 is 0 Å². The minimum Gasteiger partial charge on any atom is -0.369 e. The van der Waals surface area contributed by atoms with E-state index in [0.717, 1.165) is 11.6 Å². The third-order valence-corrected chi connectivity index (χ3v) is 3.55. The molecule has 0 fully saturated rings. The first kappa shape index (κ1) is 10.6. The molecule has 1 aliphatic carbocycles. The van der Waals surface area contributed by atoms with Gasteiger partial charge in [-0.25, -0.2) is 9.98 Å². The standard InChI is InChI=1S/C11H17N3S/c1-14(2)8-12-11-13-9-6-4-3-5-7-10(9)15-11/h8H,3-7H2,1-2H3. The van der Waals surface area contributed by atoms with Gasteiger partial charge < -0.3 is 4.90 Å². The van der Waals surface area contributed by atoms with Crippen molar-refractivity contribution in [3.63, 3.8) is 0 Å². The fourth-order valence-corrected chi connectivity index (χ4v) is 2.72. The first-order valence-electron chi connectivity index (χ1n) is 5.45. The Hall–Kier alpha value is -0.900. The summed E-state index contributed by atoms with van der Waals surface area (Å²) in [4.78, 5) is 12.3. The predicted molar refractivity (Wildman–Crippen MR) is 65.2 cm³/mol. The highest BCUT2D eigenvalue weighted by atomic mass is 32.1. The minimum atomic E-state index is 0.913. The van der Waals surface area contributed by atoms with Gasteiger partial charge in [-0.15, -0.1) is 0 Å². The van der Waals surface area contributed by atoms with E-state index in [4.69, 9.17) is 0 Å². The summed E-state index contributed by atoms with van der Waals surface area (Å²) in [6, 6.07) is 0. The molecular weight excluding hydrogens is 206 g/mol. The number of aryl methyl sites for hydroxylation is 2. The summed E-state index contributed by atoms with van der Waals surface area (Å²) in [5, 5.41) is 0.913. The SMILES string of the molecule is CN(C)C=Nc1nc2c(s1)CCCCC2. The molecule has 0 aliphatic heterocycles. The van der Waals surface area contributed by atoms with Gasteiger partial charge in [0.1, 0.15) is 0 Å². The Morgan fingerprint density at radius 1 is 1.27 bits per heavy atom. The number of fused-ring (bicyclic) bond motifs is 1. The summed E-state index contributed by atoms with van der Waals surface area (Å²) >= 11 is 1.75. The zero-order valence-electron chi connectivity index (χ0n) is 9.36. The van der Waals surface area contributed by atoms with Gasteiger partial charge in [0.15, 0.2) is 0 Å². The smallest absolute Gasteiger partial charge is 0.210 e. The number of nitrogens with zero attached hydrogens (tertiary/aromatic N) is 3. The van der Waals surface area contributed by atoms with Crippen LogP contribution in [0.3, 0.4) is 0 Å². The lowest BCUT2D eigenvalue weighted by molar-refractivity contribution is 0.643. The monoisotopic (exact) mass is 223 g/mol. The predicted octanol–water partition coefficient (Wildman–Crippen LogP) is 2.63. The van der Waals surface area contributed by atoms with Crippen molar-refractivity contribution in [3.05, 3.63) is 10.6 Å². The molecule has 2 rings (SSSR count). The molecule has 82 valence electrons. The summed E-state index contributed by atoms with van der Waals surface area (Å²) in [7, 11) is 3.95. The summed E-state index contributed by atoms with van der Waals surface area (Å²) in [5.41, 5.74) is 1.29. The van der Waals surface area contributed by atoms with Gasteiger partial charge in [0.25, 0.3) is 0 Å². The number of hydrogen-bond donors (Lipinski definition) is 0. The molecular formula is C11H17N3S. The van der Waals surface area contributed by atoms with Gasteiger partial charge in [0, 0.05) is 19.0 Å². The number of aromatic nitrogens is 1. The normalized spacial score (nSPS) is 16.4. The van der Waals surface area contributed by atoms with E-state index in [1.165, 1.54) is 36.3 Å². The number of rotatable bonds is 2. The van der Waals surface area contributed by atoms with Gasteiger partial charge in [-0.3, -0.25) is 0 Å². The van der Waals surface area contributed by atoms with E-state index in [1.54, 1.807) is 11.3 Å². The highest BCUT2D eigenvalue weighted by molar-refractivity contribution is 7.15. The second kappa shape index (κ2) is 4.75. The Morgan fingerprint density at radius 2 is 2.07 bits per heavy atom. The maximum absolute atomic E-state index is 4.58. The van der Waals surface area contributed by atoms with Crippen molar-refractivity contribution in [2.45, 2.75) is 32.1 Å². The van der Waals surface area contributed by atoms with Crippen LogP contribution in [-0.2, 0) is 12.8 Å². The minimum absolute atomic E-state index is 0.913. The molecule has 1 aromatic rings. The highest BCUT2D eigenvalue weighted by Gasteiger charge is 2.13. The first-order valence-corrected chi connectivity index (χ1v) is 6.26. The second-order valence-corrected chi connectivity index (χ2v) is 5.20. The largest absolute Gasteiger partial charge is 0.369 e. The Balaban J connectivity index is 2.15. The van der Waals surface area contributed by atoms with Crippen molar-refractivity contribution in [3.8, 4) is 0 Å². The summed E-state index contributed by atoms with van der Waals surface area (Å²) < 4.78 is 0. The molecule has 0 N–H and O–H groups in total. The molecule has 0 radical (unpaired) electrons. The van der Waals surface area contributed by atoms with Crippen molar-refractivity contribution in [1.82, 2.24) is 9.88 Å². The molecule has 3 nitrogen and oxygen atoms in total. The van der Waals surface area contributed by atoms with Crippen LogP contribution in [0.15, 0.2) is 4.99 Å². The molecule has 4 heteroatoms. The van der Waals surface area contributed by atoms with Gasteiger partial charge in [-0.05, 0) is 25.7 Å². The van der Waals surface area contributed by atoms with E-state index in [2.05, 4.69) is 9.98 Å². The van der Waals surface area contributed by atoms with Gasteiger partial charge >= 0.3 is 0 Å². The molecule has 0 saturated heterocycles. The third-order valence-electron chi connectivity index (χ3n) is 2.48. The van der Waals surface area contributed by atoms with E-state index in [1.807, 2.05) is 25.3 Å². The van der Waals surface area contributed by atoms with Crippen LogP contribution in [0.1, 0.15) is 29.8 Å². The number of hydrogen-bond acceptors (Lipinski definition) is 3. The Labute approximate surface area is 94.9 Å². The van der Waals surface area contributed by atoms with Crippen LogP contribution in [0.25, 0.3) is 0 Å². The van der Waals surface area contributed by atoms with Gasteiger partial charge in [-0.2, -0.15) is 0 Å². The van der Waals surface area contributed by atoms with Crippen LogP contribution < -0.4 is 0 Å². The first-order chi connectivity index (χ1) is 7.25. The van der Waals surface area contributed by atoms with Crippen molar-refractivity contribution in [1.29, 1.82) is 0 Å². The molecule has 0 amide bonds. The van der Waals surface area contributed by atoms with Crippen LogP contribution in [0.4, 0.5) is 5.13 Å². The maximum Gasteiger partial charge on any atom is 0.210 e. The lowest BCUT2D eigenvalue weighted by Gasteiger charge is -1.99. The van der Waals surface area contributed by atoms with E-state index in [-0.39, 0.29) is 0 Å². The average molecular weight is 223 g/mol. The molecule has 0 bridgehead atoms. The van der Waals surface area contributed by atoms with Gasteiger partial charge in [0.2, 0.25) is 5.13 Å². The average Bonchev–Trinajstić information content (AvgIpc) is 2.46. The summed E-state index contributed by atoms with van der Waals surface area (Å²) in [5.74, 6) is 0. The van der Waals surface area contributed by atoms with Crippen LogP contribution >= 0.6 is 11.3 Å². The number of aliphatic imine (C=N–C) groups is 1.